The Hall–Kier alpha value is -3.14. The van der Waals surface area contributed by atoms with Gasteiger partial charge in [0.25, 0.3) is 0 Å². The minimum atomic E-state index is 0. The number of nitrogens with one attached hydrogen (secondary N) is 1. The number of carbonyl (C=O) groups excluding carboxylic acids is 1. The van der Waals surface area contributed by atoms with Gasteiger partial charge >= 0.3 is 0 Å². The second-order valence-corrected chi connectivity index (χ2v) is 8.89. The van der Waals surface area contributed by atoms with Crippen molar-refractivity contribution in [1.82, 2.24) is 14.9 Å². The van der Waals surface area contributed by atoms with Crippen molar-refractivity contribution in [2.45, 2.75) is 66.1 Å². The molecule has 1 aromatic heterocycles. The highest BCUT2D eigenvalue weighted by Crippen LogP contribution is 2.24. The van der Waals surface area contributed by atoms with Crippen molar-refractivity contribution in [3.8, 4) is 6.07 Å². The van der Waals surface area contributed by atoms with E-state index in [4.69, 9.17) is 5.26 Å². The fraction of sp³-hybridized carbons (Fsp3) is 0.393. The van der Waals surface area contributed by atoms with E-state index in [1.54, 1.807) is 6.92 Å². The van der Waals surface area contributed by atoms with Crippen molar-refractivity contribution in [3.05, 3.63) is 82.9 Å². The van der Waals surface area contributed by atoms with Crippen LogP contribution in [0.5, 0.6) is 0 Å². The Kier molecular flexibility index (Phi) is 11.0. The zero-order valence-electron chi connectivity index (χ0n) is 21.1. The average Bonchev–Trinajstić information content (AvgIpc) is 3.27. The first-order valence-electron chi connectivity index (χ1n) is 12.0. The summed E-state index contributed by atoms with van der Waals surface area (Å²) >= 11 is 0. The summed E-state index contributed by atoms with van der Waals surface area (Å²) < 4.78 is 2.12. The Morgan fingerprint density at radius 1 is 1.20 bits per heavy atom. The van der Waals surface area contributed by atoms with Crippen molar-refractivity contribution in [3.63, 3.8) is 0 Å². The molecule has 0 fully saturated rings. The second-order valence-electron chi connectivity index (χ2n) is 8.89. The molecule has 0 saturated carbocycles. The van der Waals surface area contributed by atoms with Crippen molar-refractivity contribution in [2.75, 3.05) is 11.4 Å². The largest absolute Gasteiger partial charge is 0.329 e. The lowest BCUT2D eigenvalue weighted by molar-refractivity contribution is -0.116. The van der Waals surface area contributed by atoms with E-state index in [2.05, 4.69) is 47.8 Å². The molecule has 1 amide bonds. The number of unbranched alkanes of at least 4 members (excludes halogenated alkanes) is 1. The van der Waals surface area contributed by atoms with Crippen molar-refractivity contribution >= 4 is 24.0 Å². The van der Waals surface area contributed by atoms with E-state index in [-0.39, 0.29) is 24.4 Å². The Morgan fingerprint density at radius 2 is 1.94 bits per heavy atom. The highest BCUT2D eigenvalue weighted by atomic mass is 35.5. The normalized spacial score (nSPS) is 11.4. The van der Waals surface area contributed by atoms with Gasteiger partial charge in [0.05, 0.1) is 23.7 Å². The van der Waals surface area contributed by atoms with Crippen LogP contribution in [-0.2, 0) is 17.9 Å². The van der Waals surface area contributed by atoms with Crippen LogP contribution in [0.1, 0.15) is 61.1 Å². The molecule has 2 aromatic carbocycles. The van der Waals surface area contributed by atoms with Gasteiger partial charge in [0, 0.05) is 44.5 Å². The van der Waals surface area contributed by atoms with E-state index < -0.39 is 0 Å². The topological polar surface area (TPSA) is 74.0 Å². The summed E-state index contributed by atoms with van der Waals surface area (Å²) in [5.41, 5.74) is 6.20. The second kappa shape index (κ2) is 13.7. The van der Waals surface area contributed by atoms with Gasteiger partial charge in [-0.1, -0.05) is 44.0 Å². The predicted molar refractivity (Wildman–Crippen MR) is 144 cm³/mol. The summed E-state index contributed by atoms with van der Waals surface area (Å²) in [4.78, 5) is 18.9. The summed E-state index contributed by atoms with van der Waals surface area (Å²) in [7, 11) is 0. The van der Waals surface area contributed by atoms with Crippen LogP contribution in [-0.4, -0.2) is 28.0 Å². The number of carbonyl (C=O) groups is 1. The number of benzene rings is 2. The standard InChI is InChI=1S/C28H35N5O.ClH/c1-5-6-9-26(19-33(23(4)34)28-10-7-8-21(2)22(28)3)31-17-27-16-30-20-32(27)18-25-13-11-24(15-29)12-14-25;/h7-8,10-14,16,20,26,31H,5-6,9,17-19H2,1-4H3;1H/t26-;/m0./s1. The van der Waals surface area contributed by atoms with Crippen molar-refractivity contribution < 1.29 is 4.79 Å². The van der Waals surface area contributed by atoms with Crippen LogP contribution in [0.3, 0.4) is 0 Å². The van der Waals surface area contributed by atoms with E-state index in [0.29, 0.717) is 25.2 Å². The zero-order chi connectivity index (χ0) is 24.5. The van der Waals surface area contributed by atoms with Crippen molar-refractivity contribution in [2.24, 2.45) is 0 Å². The molecule has 0 bridgehead atoms. The number of aromatic nitrogens is 2. The summed E-state index contributed by atoms with van der Waals surface area (Å²) in [6.07, 6.45) is 6.93. The van der Waals surface area contributed by atoms with Gasteiger partial charge in [-0.3, -0.25) is 4.79 Å². The number of halogens is 1. The number of imidazole rings is 1. The van der Waals surface area contributed by atoms with Crippen LogP contribution in [0.4, 0.5) is 5.69 Å². The van der Waals surface area contributed by atoms with E-state index in [1.807, 2.05) is 53.8 Å². The molecule has 0 aliphatic rings. The van der Waals surface area contributed by atoms with Crippen LogP contribution < -0.4 is 10.2 Å². The molecule has 3 aromatic rings. The van der Waals surface area contributed by atoms with E-state index in [1.165, 1.54) is 5.56 Å². The van der Waals surface area contributed by atoms with Gasteiger partial charge in [0.15, 0.2) is 0 Å². The number of amides is 1. The molecule has 0 unspecified atom stereocenters. The van der Waals surface area contributed by atoms with Crippen LogP contribution in [0.25, 0.3) is 0 Å². The van der Waals surface area contributed by atoms with Gasteiger partial charge in [-0.15, -0.1) is 12.4 Å². The highest BCUT2D eigenvalue weighted by Gasteiger charge is 2.20. The molecule has 1 heterocycles. The maximum Gasteiger partial charge on any atom is 0.223 e. The van der Waals surface area contributed by atoms with Crippen LogP contribution in [0, 0.1) is 25.2 Å². The summed E-state index contributed by atoms with van der Waals surface area (Å²) in [5.74, 6) is 0.0582. The van der Waals surface area contributed by atoms with Crippen molar-refractivity contribution in [1.29, 1.82) is 5.26 Å². The third kappa shape index (κ3) is 7.68. The van der Waals surface area contributed by atoms with Crippen LogP contribution >= 0.6 is 12.4 Å². The summed E-state index contributed by atoms with van der Waals surface area (Å²) in [6.45, 7) is 10.00. The van der Waals surface area contributed by atoms with Gasteiger partial charge in [-0.05, 0) is 55.2 Å². The number of rotatable bonds is 11. The number of hydrogen-bond donors (Lipinski definition) is 1. The molecular formula is C28H36ClN5O. The first kappa shape index (κ1) is 28.1. The Balaban J connectivity index is 0.00000432. The van der Waals surface area contributed by atoms with E-state index in [0.717, 1.165) is 41.8 Å². The molecule has 0 radical (unpaired) electrons. The van der Waals surface area contributed by atoms with E-state index in [9.17, 15) is 4.79 Å². The molecule has 0 aliphatic carbocycles. The average molecular weight is 494 g/mol. The molecule has 35 heavy (non-hydrogen) atoms. The molecule has 0 saturated heterocycles. The van der Waals surface area contributed by atoms with Crippen LogP contribution in [0.2, 0.25) is 0 Å². The van der Waals surface area contributed by atoms with Gasteiger partial charge in [-0.25, -0.2) is 4.98 Å². The molecule has 0 aliphatic heterocycles. The maximum atomic E-state index is 12.6. The lowest BCUT2D eigenvalue weighted by Crippen LogP contribution is -2.43. The Labute approximate surface area is 215 Å². The molecular weight excluding hydrogens is 458 g/mol. The monoisotopic (exact) mass is 493 g/mol. The SMILES string of the molecule is CCCC[C@@H](CN(C(C)=O)c1cccc(C)c1C)NCc1cncn1Cc1ccc(C#N)cc1.Cl. The number of nitriles is 1. The molecule has 1 N–H and O–H groups in total. The lowest BCUT2D eigenvalue weighted by Gasteiger charge is -2.29. The lowest BCUT2D eigenvalue weighted by atomic mass is 10.0. The van der Waals surface area contributed by atoms with Crippen LogP contribution in [0.15, 0.2) is 55.0 Å². The van der Waals surface area contributed by atoms with Gasteiger partial charge in [-0.2, -0.15) is 5.26 Å². The van der Waals surface area contributed by atoms with Gasteiger partial charge in [0.1, 0.15) is 0 Å². The molecule has 1 atom stereocenters. The molecule has 186 valence electrons. The third-order valence-electron chi connectivity index (χ3n) is 6.36. The summed E-state index contributed by atoms with van der Waals surface area (Å²) in [6, 6.07) is 16.1. The number of anilines is 1. The van der Waals surface area contributed by atoms with Gasteiger partial charge in [0.2, 0.25) is 5.91 Å². The fourth-order valence-electron chi connectivity index (χ4n) is 4.12. The summed E-state index contributed by atoms with van der Waals surface area (Å²) in [5, 5.41) is 12.7. The molecule has 3 rings (SSSR count). The minimum Gasteiger partial charge on any atom is -0.329 e. The number of aryl methyl sites for hydroxylation is 1. The van der Waals surface area contributed by atoms with E-state index >= 15 is 0 Å². The minimum absolute atomic E-state index is 0. The molecule has 6 nitrogen and oxygen atoms in total. The maximum absolute atomic E-state index is 12.6. The fourth-order valence-corrected chi connectivity index (χ4v) is 4.12. The number of nitrogens with zero attached hydrogens (tertiary/aromatic N) is 4. The number of hydrogen-bond acceptors (Lipinski definition) is 4. The molecule has 0 spiro atoms. The smallest absolute Gasteiger partial charge is 0.223 e. The third-order valence-corrected chi connectivity index (χ3v) is 6.36. The first-order chi connectivity index (χ1) is 16.4. The Morgan fingerprint density at radius 3 is 2.60 bits per heavy atom. The molecule has 7 heteroatoms. The highest BCUT2D eigenvalue weighted by molar-refractivity contribution is 5.92. The predicted octanol–water partition coefficient (Wildman–Crippen LogP) is 5.54. The zero-order valence-corrected chi connectivity index (χ0v) is 21.9. The quantitative estimate of drug-likeness (QED) is 0.380. The Bertz CT molecular complexity index is 1130. The first-order valence-corrected chi connectivity index (χ1v) is 12.0. The van der Waals surface area contributed by atoms with Gasteiger partial charge < -0.3 is 14.8 Å².